The summed E-state index contributed by atoms with van der Waals surface area (Å²) in [4.78, 5) is 0. The van der Waals surface area contributed by atoms with Crippen LogP contribution in [0.5, 0.6) is 5.75 Å². The van der Waals surface area contributed by atoms with Crippen LogP contribution in [-0.2, 0) is 12.8 Å². The maximum absolute atomic E-state index is 10.3. The number of aryl methyl sites for hydroxylation is 3. The second kappa shape index (κ2) is 5.76. The lowest BCUT2D eigenvalue weighted by Gasteiger charge is -2.22. The molecule has 0 radical (unpaired) electrons. The van der Waals surface area contributed by atoms with Gasteiger partial charge in [0.2, 0.25) is 0 Å². The number of rotatable bonds is 4. The summed E-state index contributed by atoms with van der Waals surface area (Å²) in [6, 6.07) is 2.10. The average molecular weight is 300 g/mol. The van der Waals surface area contributed by atoms with Gasteiger partial charge in [-0.3, -0.25) is 5.10 Å². The Morgan fingerprint density at radius 2 is 1.95 bits per heavy atom. The van der Waals surface area contributed by atoms with Crippen molar-refractivity contribution in [1.29, 1.82) is 0 Å². The lowest BCUT2D eigenvalue weighted by Crippen LogP contribution is -2.09. The Morgan fingerprint density at radius 3 is 2.59 bits per heavy atom. The summed E-state index contributed by atoms with van der Waals surface area (Å²) in [6.07, 6.45) is 3.73. The molecule has 1 atom stereocenters. The molecule has 4 nitrogen and oxygen atoms in total. The van der Waals surface area contributed by atoms with Gasteiger partial charge in [-0.1, -0.05) is 6.07 Å². The number of phenolic OH excluding ortho intramolecular Hbond substituents is 1. The summed E-state index contributed by atoms with van der Waals surface area (Å²) in [7, 11) is 0. The van der Waals surface area contributed by atoms with E-state index in [1.807, 2.05) is 20.8 Å². The van der Waals surface area contributed by atoms with E-state index in [0.717, 1.165) is 41.8 Å². The molecule has 1 aromatic heterocycles. The van der Waals surface area contributed by atoms with E-state index in [9.17, 15) is 10.2 Å². The van der Waals surface area contributed by atoms with Crippen LogP contribution in [0.2, 0.25) is 0 Å². The van der Waals surface area contributed by atoms with Crippen LogP contribution in [0, 0.1) is 20.8 Å². The third kappa shape index (κ3) is 2.31. The number of nitrogens with zero attached hydrogens (tertiary/aromatic N) is 1. The normalized spacial score (nSPS) is 15.1. The number of hydrogen-bond donors (Lipinski definition) is 3. The molecule has 2 aromatic rings. The Hall–Kier alpha value is -1.81. The van der Waals surface area contributed by atoms with E-state index in [1.54, 1.807) is 0 Å². The van der Waals surface area contributed by atoms with Crippen LogP contribution in [-0.4, -0.2) is 27.0 Å². The third-order valence-corrected chi connectivity index (χ3v) is 4.92. The van der Waals surface area contributed by atoms with Gasteiger partial charge in [-0.2, -0.15) is 5.10 Å². The average Bonchev–Trinajstić information content (AvgIpc) is 3.09. The van der Waals surface area contributed by atoms with Crippen molar-refractivity contribution in [2.45, 2.75) is 52.4 Å². The van der Waals surface area contributed by atoms with E-state index < -0.39 is 0 Å². The standard InChI is InChI=1S/C18H24N2O2/c1-10-9-16(13-5-4-6-15(13)18(10)22)14(7-8-21)17-11(2)19-20-12(17)3/h9,14,21-22H,4-8H2,1-3H3,(H,19,20). The number of fused-ring (bicyclic) bond motifs is 1. The Bertz CT molecular complexity index is 684. The molecule has 1 aliphatic carbocycles. The molecule has 22 heavy (non-hydrogen) atoms. The fourth-order valence-electron chi connectivity index (χ4n) is 3.92. The SMILES string of the molecule is Cc1cc(C(CCO)c2c(C)n[nH]c2C)c2c(c1O)CCC2. The molecule has 0 fully saturated rings. The molecule has 0 spiro atoms. The van der Waals surface area contributed by atoms with Crippen molar-refractivity contribution in [2.75, 3.05) is 6.61 Å². The van der Waals surface area contributed by atoms with Gasteiger partial charge in [-0.25, -0.2) is 0 Å². The number of phenols is 1. The van der Waals surface area contributed by atoms with Gasteiger partial charge in [0, 0.05) is 23.8 Å². The van der Waals surface area contributed by atoms with Crippen LogP contribution in [0.4, 0.5) is 0 Å². The summed E-state index contributed by atoms with van der Waals surface area (Å²) >= 11 is 0. The number of aliphatic hydroxyl groups is 1. The zero-order chi connectivity index (χ0) is 15.9. The minimum absolute atomic E-state index is 0.134. The van der Waals surface area contributed by atoms with Crippen molar-refractivity contribution in [3.05, 3.63) is 45.3 Å². The molecule has 1 aliphatic rings. The van der Waals surface area contributed by atoms with Gasteiger partial charge in [0.1, 0.15) is 5.75 Å². The van der Waals surface area contributed by atoms with Crippen LogP contribution in [0.3, 0.4) is 0 Å². The molecule has 0 amide bonds. The second-order valence-electron chi connectivity index (χ2n) is 6.35. The van der Waals surface area contributed by atoms with Crippen molar-refractivity contribution in [3.63, 3.8) is 0 Å². The summed E-state index contributed by atoms with van der Waals surface area (Å²) in [6.45, 7) is 6.15. The van der Waals surface area contributed by atoms with Gasteiger partial charge >= 0.3 is 0 Å². The maximum Gasteiger partial charge on any atom is 0.121 e. The number of aliphatic hydroxyl groups excluding tert-OH is 1. The molecule has 1 heterocycles. The fourth-order valence-corrected chi connectivity index (χ4v) is 3.92. The largest absolute Gasteiger partial charge is 0.507 e. The van der Waals surface area contributed by atoms with Gasteiger partial charge in [0.05, 0.1) is 5.69 Å². The molecule has 1 unspecified atom stereocenters. The Labute approximate surface area is 131 Å². The zero-order valence-electron chi connectivity index (χ0n) is 13.5. The smallest absolute Gasteiger partial charge is 0.121 e. The van der Waals surface area contributed by atoms with Crippen molar-refractivity contribution >= 4 is 0 Å². The number of aromatic nitrogens is 2. The summed E-state index contributed by atoms with van der Waals surface area (Å²) in [5, 5.41) is 27.3. The first-order chi connectivity index (χ1) is 10.5. The molecular weight excluding hydrogens is 276 g/mol. The fraction of sp³-hybridized carbons (Fsp3) is 0.500. The lowest BCUT2D eigenvalue weighted by atomic mass is 9.82. The van der Waals surface area contributed by atoms with Gasteiger partial charge < -0.3 is 10.2 Å². The van der Waals surface area contributed by atoms with Crippen molar-refractivity contribution in [2.24, 2.45) is 0 Å². The Kier molecular flexibility index (Phi) is 3.96. The highest BCUT2D eigenvalue weighted by atomic mass is 16.3. The first-order valence-electron chi connectivity index (χ1n) is 8.01. The second-order valence-corrected chi connectivity index (χ2v) is 6.35. The first kappa shape index (κ1) is 15.1. The van der Waals surface area contributed by atoms with Crippen LogP contribution in [0.25, 0.3) is 0 Å². The Balaban J connectivity index is 2.19. The third-order valence-electron chi connectivity index (χ3n) is 4.92. The number of H-pyrrole nitrogens is 1. The molecule has 3 rings (SSSR count). The van der Waals surface area contributed by atoms with Crippen LogP contribution >= 0.6 is 0 Å². The summed E-state index contributed by atoms with van der Waals surface area (Å²) in [5.41, 5.74) is 7.82. The summed E-state index contributed by atoms with van der Waals surface area (Å²) < 4.78 is 0. The van der Waals surface area contributed by atoms with Gasteiger partial charge in [-0.05, 0) is 68.7 Å². The van der Waals surface area contributed by atoms with Gasteiger partial charge in [0.25, 0.3) is 0 Å². The molecular formula is C18H24N2O2. The Morgan fingerprint density at radius 1 is 1.23 bits per heavy atom. The first-order valence-corrected chi connectivity index (χ1v) is 8.01. The quantitative estimate of drug-likeness (QED) is 0.813. The maximum atomic E-state index is 10.3. The highest BCUT2D eigenvalue weighted by Gasteiger charge is 2.28. The highest BCUT2D eigenvalue weighted by Crippen LogP contribution is 2.42. The zero-order valence-corrected chi connectivity index (χ0v) is 13.5. The van der Waals surface area contributed by atoms with Crippen molar-refractivity contribution < 1.29 is 10.2 Å². The molecule has 118 valence electrons. The minimum atomic E-state index is 0.134. The van der Waals surface area contributed by atoms with Crippen LogP contribution in [0.1, 0.15) is 58.0 Å². The predicted molar refractivity (Wildman–Crippen MR) is 86.5 cm³/mol. The van der Waals surface area contributed by atoms with Crippen molar-refractivity contribution in [1.82, 2.24) is 10.2 Å². The van der Waals surface area contributed by atoms with E-state index in [4.69, 9.17) is 0 Å². The number of nitrogens with one attached hydrogen (secondary N) is 1. The summed E-state index contributed by atoms with van der Waals surface area (Å²) in [5.74, 6) is 0.592. The number of hydrogen-bond acceptors (Lipinski definition) is 3. The van der Waals surface area contributed by atoms with E-state index in [1.165, 1.54) is 16.7 Å². The predicted octanol–water partition coefficient (Wildman–Crippen LogP) is 3.04. The topological polar surface area (TPSA) is 69.1 Å². The molecule has 0 saturated carbocycles. The minimum Gasteiger partial charge on any atom is -0.507 e. The number of benzene rings is 1. The van der Waals surface area contributed by atoms with E-state index >= 15 is 0 Å². The van der Waals surface area contributed by atoms with Crippen LogP contribution < -0.4 is 0 Å². The number of aromatic hydroxyl groups is 1. The molecule has 4 heteroatoms. The van der Waals surface area contributed by atoms with Gasteiger partial charge in [0.15, 0.2) is 0 Å². The van der Waals surface area contributed by atoms with E-state index in [0.29, 0.717) is 12.2 Å². The van der Waals surface area contributed by atoms with Crippen molar-refractivity contribution in [3.8, 4) is 5.75 Å². The monoisotopic (exact) mass is 300 g/mol. The molecule has 3 N–H and O–H groups in total. The number of aromatic amines is 1. The lowest BCUT2D eigenvalue weighted by molar-refractivity contribution is 0.281. The molecule has 0 bridgehead atoms. The molecule has 0 aliphatic heterocycles. The molecule has 0 saturated heterocycles. The molecule has 1 aromatic carbocycles. The highest BCUT2D eigenvalue weighted by molar-refractivity contribution is 5.55. The van der Waals surface area contributed by atoms with Gasteiger partial charge in [-0.15, -0.1) is 0 Å². The van der Waals surface area contributed by atoms with E-state index in [-0.39, 0.29) is 12.5 Å². The van der Waals surface area contributed by atoms with E-state index in [2.05, 4.69) is 16.3 Å². The van der Waals surface area contributed by atoms with Crippen LogP contribution in [0.15, 0.2) is 6.07 Å².